The molecule has 0 aliphatic rings. The fourth-order valence-electron chi connectivity index (χ4n) is 4.68. The first-order valence-corrected chi connectivity index (χ1v) is 20.3. The third-order valence-corrected chi connectivity index (χ3v) is 8.06. The lowest BCUT2D eigenvalue weighted by molar-refractivity contribution is -0.136. The van der Waals surface area contributed by atoms with E-state index in [9.17, 15) is 28.8 Å². The Kier molecular flexibility index (Phi) is 34.2. The summed E-state index contributed by atoms with van der Waals surface area (Å²) in [4.78, 5) is 75.9. The topological polar surface area (TPSA) is 185 Å². The first kappa shape index (κ1) is 49.8. The second kappa shape index (κ2) is 35.8. The lowest BCUT2D eigenvalue weighted by atomic mass is 10.2. The van der Waals surface area contributed by atoms with Gasteiger partial charge < -0.3 is 45.3 Å². The Morgan fingerprint density at radius 1 is 0.462 bits per heavy atom. The van der Waals surface area contributed by atoms with Gasteiger partial charge >= 0.3 is 0 Å². The molecule has 0 aromatic rings. The maximum absolute atomic E-state index is 13.0. The largest absolute Gasteiger partial charge is 0.370 e. The minimum absolute atomic E-state index is 0.0425. The molecule has 0 aromatic heterocycles. The van der Waals surface area contributed by atoms with Gasteiger partial charge in [0.2, 0.25) is 35.4 Å². The number of amides is 6. The van der Waals surface area contributed by atoms with E-state index in [4.69, 9.17) is 14.2 Å². The van der Waals surface area contributed by atoms with E-state index in [0.29, 0.717) is 88.9 Å². The van der Waals surface area contributed by atoms with Crippen LogP contribution in [0.4, 0.5) is 0 Å². The van der Waals surface area contributed by atoms with Crippen LogP contribution in [0, 0.1) is 0 Å². The van der Waals surface area contributed by atoms with Crippen LogP contribution in [-0.2, 0) is 43.0 Å². The third kappa shape index (κ3) is 30.2. The van der Waals surface area contributed by atoms with Crippen molar-refractivity contribution in [2.24, 2.45) is 0 Å². The van der Waals surface area contributed by atoms with Crippen LogP contribution in [0.3, 0.4) is 0 Å². The Balaban J connectivity index is 4.59. The van der Waals surface area contributed by atoms with Gasteiger partial charge in [-0.1, -0.05) is 6.92 Å². The van der Waals surface area contributed by atoms with E-state index < -0.39 is 0 Å². The summed E-state index contributed by atoms with van der Waals surface area (Å²) >= 11 is 12.1. The molecule has 0 rings (SSSR count). The average molecular weight is 797 g/mol. The zero-order chi connectivity index (χ0) is 38.7. The van der Waals surface area contributed by atoms with Crippen LogP contribution in [0.1, 0.15) is 71.1 Å². The maximum atomic E-state index is 13.0. The van der Waals surface area contributed by atoms with Gasteiger partial charge in [-0.15, -0.1) is 0 Å². The molecule has 0 unspecified atom stereocenters. The van der Waals surface area contributed by atoms with Gasteiger partial charge in [-0.3, -0.25) is 28.8 Å². The number of carbonyl (C=O) groups is 6. The predicted octanol–water partition coefficient (Wildman–Crippen LogP) is 0.869. The van der Waals surface area contributed by atoms with Crippen LogP contribution >= 0.6 is 37.9 Å². The van der Waals surface area contributed by atoms with E-state index in [-0.39, 0.29) is 75.1 Å². The lowest BCUT2D eigenvalue weighted by Crippen LogP contribution is -2.37. The fraction of sp³-hybridized carbons (Fsp3) is 0.824. The fourth-order valence-corrected chi connectivity index (χ4v) is 5.29. The molecule has 6 amide bonds. The predicted molar refractivity (Wildman–Crippen MR) is 211 cm³/mol. The Hall–Kier alpha value is -2.25. The zero-order valence-electron chi connectivity index (χ0n) is 31.0. The minimum Gasteiger partial charge on any atom is -0.370 e. The number of hydrogen-bond acceptors (Lipinski definition) is 12. The molecule has 0 aromatic carbocycles. The summed E-state index contributed by atoms with van der Waals surface area (Å²) in [5.74, 6) is 0.648. The van der Waals surface area contributed by atoms with Crippen LogP contribution in [0.25, 0.3) is 0 Å². The highest BCUT2D eigenvalue weighted by Crippen LogP contribution is 2.06. The molecule has 15 nitrogen and oxygen atoms in total. The Morgan fingerprint density at radius 2 is 0.827 bits per heavy atom. The summed E-state index contributed by atoms with van der Waals surface area (Å²) in [6.45, 7) is 6.32. The number of ether oxygens (including phenoxy) is 3. The van der Waals surface area contributed by atoms with Crippen molar-refractivity contribution < 1.29 is 43.0 Å². The molecule has 0 bridgehead atoms. The smallest absolute Gasteiger partial charge is 0.248 e. The molecule has 0 heterocycles. The van der Waals surface area contributed by atoms with Gasteiger partial charge in [0.1, 0.15) is 19.8 Å². The van der Waals surface area contributed by atoms with Gasteiger partial charge in [0.25, 0.3) is 0 Å². The second-order valence-electron chi connectivity index (χ2n) is 11.9. The SMILES string of the molecule is CCCN(CCCCCN(CCCCCNC(=O)COCCNC(=O)CCS)C(=O)COCCNC(=O)CCS)C(=O)COCCNC(=O)CCS. The molecule has 0 spiro atoms. The normalized spacial score (nSPS) is 10.8. The van der Waals surface area contributed by atoms with Crippen molar-refractivity contribution in [3.8, 4) is 0 Å². The number of carbonyl (C=O) groups excluding carboxylic acids is 6. The number of thiol groups is 3. The van der Waals surface area contributed by atoms with Gasteiger partial charge in [0, 0.05) is 71.6 Å². The number of nitrogens with one attached hydrogen (secondary N) is 4. The Labute approximate surface area is 326 Å². The van der Waals surface area contributed by atoms with Crippen LogP contribution in [-0.4, -0.2) is 155 Å². The maximum Gasteiger partial charge on any atom is 0.248 e. The molecule has 0 atom stereocenters. The number of nitrogens with zero attached hydrogens (tertiary/aromatic N) is 2. The molecule has 0 aliphatic heterocycles. The first-order chi connectivity index (χ1) is 25.2. The molecule has 4 N–H and O–H groups in total. The first-order valence-electron chi connectivity index (χ1n) is 18.4. The molecular weight excluding hydrogens is 733 g/mol. The molecule has 18 heteroatoms. The molecule has 0 radical (unpaired) electrons. The van der Waals surface area contributed by atoms with Crippen molar-refractivity contribution in [1.29, 1.82) is 0 Å². The van der Waals surface area contributed by atoms with Crippen LogP contribution in [0.2, 0.25) is 0 Å². The minimum atomic E-state index is -0.227. The Morgan fingerprint density at radius 3 is 1.23 bits per heavy atom. The molecule has 302 valence electrons. The van der Waals surface area contributed by atoms with Crippen molar-refractivity contribution in [1.82, 2.24) is 31.1 Å². The summed E-state index contributed by atoms with van der Waals surface area (Å²) < 4.78 is 16.3. The lowest BCUT2D eigenvalue weighted by Gasteiger charge is -2.24. The van der Waals surface area contributed by atoms with Crippen LogP contribution in [0.15, 0.2) is 0 Å². The van der Waals surface area contributed by atoms with Gasteiger partial charge in [0.05, 0.1) is 19.8 Å². The van der Waals surface area contributed by atoms with E-state index in [1.165, 1.54) is 0 Å². The van der Waals surface area contributed by atoms with E-state index >= 15 is 0 Å². The molecule has 0 saturated carbocycles. The third-order valence-electron chi connectivity index (χ3n) is 7.39. The van der Waals surface area contributed by atoms with Crippen LogP contribution < -0.4 is 21.3 Å². The van der Waals surface area contributed by atoms with Gasteiger partial charge in [0.15, 0.2) is 0 Å². The molecule has 0 aliphatic carbocycles. The van der Waals surface area contributed by atoms with E-state index in [1.54, 1.807) is 9.80 Å². The molecule has 0 fully saturated rings. The highest BCUT2D eigenvalue weighted by atomic mass is 32.1. The van der Waals surface area contributed by atoms with Crippen molar-refractivity contribution in [3.05, 3.63) is 0 Å². The van der Waals surface area contributed by atoms with Crippen molar-refractivity contribution in [2.45, 2.75) is 71.1 Å². The van der Waals surface area contributed by atoms with E-state index in [1.807, 2.05) is 6.92 Å². The highest BCUT2D eigenvalue weighted by Gasteiger charge is 2.15. The standard InChI is InChI=1S/C34H64N6O9S3/c1-2-16-39(33(45)27-48-21-14-37-30(42)10-24-51)17-7-4-8-19-40(34(46)28-49-22-15-38-31(43)11-25-52)18-6-3-5-12-35-32(44)26-47-20-13-36-29(41)9-23-50/h50-52H,2-28H2,1H3,(H,35,44)(H,36,41)(H,37,42)(H,38,43). The summed E-state index contributed by atoms with van der Waals surface area (Å²) in [5, 5.41) is 11.0. The molecular formula is C34H64N6O9S3. The Bertz CT molecular complexity index is 1000. The summed E-state index contributed by atoms with van der Waals surface area (Å²) in [5.41, 5.74) is 0. The van der Waals surface area contributed by atoms with Crippen molar-refractivity contribution in [2.75, 3.05) is 109 Å². The second-order valence-corrected chi connectivity index (χ2v) is 13.2. The monoisotopic (exact) mass is 796 g/mol. The van der Waals surface area contributed by atoms with Crippen LogP contribution in [0.5, 0.6) is 0 Å². The molecule has 0 saturated heterocycles. The quantitative estimate of drug-likeness (QED) is 0.0362. The van der Waals surface area contributed by atoms with E-state index in [2.05, 4.69) is 59.2 Å². The summed E-state index contributed by atoms with van der Waals surface area (Å²) in [7, 11) is 0. The van der Waals surface area contributed by atoms with Crippen molar-refractivity contribution >= 4 is 73.3 Å². The average Bonchev–Trinajstić information content (AvgIpc) is 3.11. The molecule has 52 heavy (non-hydrogen) atoms. The van der Waals surface area contributed by atoms with Crippen molar-refractivity contribution in [3.63, 3.8) is 0 Å². The van der Waals surface area contributed by atoms with Gasteiger partial charge in [-0.2, -0.15) is 37.9 Å². The van der Waals surface area contributed by atoms with E-state index in [0.717, 1.165) is 44.9 Å². The number of rotatable bonds is 35. The highest BCUT2D eigenvalue weighted by molar-refractivity contribution is 7.80. The van der Waals surface area contributed by atoms with Gasteiger partial charge in [-0.05, 0) is 62.2 Å². The van der Waals surface area contributed by atoms with Gasteiger partial charge in [-0.25, -0.2) is 0 Å². The zero-order valence-corrected chi connectivity index (χ0v) is 33.7. The summed E-state index contributed by atoms with van der Waals surface area (Å²) in [6.07, 6.45) is 6.48. The number of hydrogen-bond donors (Lipinski definition) is 7. The number of unbranched alkanes of at least 4 members (excludes halogenated alkanes) is 4. The summed E-state index contributed by atoms with van der Waals surface area (Å²) in [6, 6.07) is 0.